The summed E-state index contributed by atoms with van der Waals surface area (Å²) in [7, 11) is 0. The molecular weight excluding hydrogens is 190 g/mol. The monoisotopic (exact) mass is 207 g/mol. The predicted molar refractivity (Wildman–Crippen MR) is 66.0 cm³/mol. The normalized spacial score (nSPS) is 12.2. The highest BCUT2D eigenvalue weighted by molar-refractivity contribution is 7.99. The van der Waals surface area contributed by atoms with E-state index >= 15 is 0 Å². The van der Waals surface area contributed by atoms with Gasteiger partial charge in [0, 0.05) is 17.4 Å². The van der Waals surface area contributed by atoms with Gasteiger partial charge in [-0.15, -0.1) is 0 Å². The molecule has 0 aliphatic carbocycles. The van der Waals surface area contributed by atoms with E-state index in [0.29, 0.717) is 0 Å². The molecule has 0 aliphatic heterocycles. The highest BCUT2D eigenvalue weighted by Gasteiger charge is 2.08. The van der Waals surface area contributed by atoms with Crippen LogP contribution in [0.3, 0.4) is 0 Å². The lowest BCUT2D eigenvalue weighted by Crippen LogP contribution is -2.05. The second-order valence-corrected chi connectivity index (χ2v) is 5.80. The van der Waals surface area contributed by atoms with Crippen molar-refractivity contribution in [3.05, 3.63) is 35.9 Å². The number of hydrogen-bond acceptors (Lipinski definition) is 2. The lowest BCUT2D eigenvalue weighted by molar-refractivity contribution is 0.804. The fraction of sp³-hybridized carbons (Fsp3) is 0.417. The zero-order chi connectivity index (χ0) is 10.4. The molecule has 0 saturated carbocycles. The Hall–Kier alpha value is -0.760. The average molecular weight is 207 g/mol. The Kier molecular flexibility index (Phi) is 4.21. The maximum Gasteiger partial charge on any atom is 0.0294 e. The Labute approximate surface area is 90.8 Å². The van der Waals surface area contributed by atoms with Gasteiger partial charge in [-0.05, 0) is 38.3 Å². The third-order valence-electron chi connectivity index (χ3n) is 1.57. The third-order valence-corrected chi connectivity index (χ3v) is 2.37. The molecule has 0 atom stereocenters. The molecule has 0 radical (unpaired) electrons. The van der Waals surface area contributed by atoms with E-state index in [1.807, 2.05) is 12.3 Å². The van der Waals surface area contributed by atoms with Crippen molar-refractivity contribution in [2.24, 2.45) is 4.40 Å². The molecule has 1 rings (SSSR count). The van der Waals surface area contributed by atoms with E-state index in [0.717, 1.165) is 6.42 Å². The Balaban J connectivity index is 2.35. The van der Waals surface area contributed by atoms with Gasteiger partial charge in [-0.25, -0.2) is 4.40 Å². The van der Waals surface area contributed by atoms with Crippen molar-refractivity contribution >= 4 is 18.2 Å². The van der Waals surface area contributed by atoms with E-state index < -0.39 is 0 Å². The SMILES string of the molecule is CC(C)(C)SN=CCc1ccccc1. The lowest BCUT2D eigenvalue weighted by Gasteiger charge is -2.12. The van der Waals surface area contributed by atoms with E-state index in [-0.39, 0.29) is 4.75 Å². The summed E-state index contributed by atoms with van der Waals surface area (Å²) in [6.07, 6.45) is 2.90. The van der Waals surface area contributed by atoms with Crippen molar-refractivity contribution < 1.29 is 0 Å². The van der Waals surface area contributed by atoms with E-state index in [9.17, 15) is 0 Å². The van der Waals surface area contributed by atoms with Gasteiger partial charge < -0.3 is 0 Å². The smallest absolute Gasteiger partial charge is 0.0294 e. The zero-order valence-corrected chi connectivity index (χ0v) is 9.84. The van der Waals surface area contributed by atoms with Gasteiger partial charge in [0.25, 0.3) is 0 Å². The Morgan fingerprint density at radius 2 is 1.86 bits per heavy atom. The molecule has 0 N–H and O–H groups in total. The van der Waals surface area contributed by atoms with Crippen molar-refractivity contribution in [2.75, 3.05) is 0 Å². The molecule has 14 heavy (non-hydrogen) atoms. The minimum atomic E-state index is 0.215. The molecule has 0 heterocycles. The topological polar surface area (TPSA) is 12.4 Å². The van der Waals surface area contributed by atoms with Crippen LogP contribution in [0.2, 0.25) is 0 Å². The molecule has 1 aromatic rings. The fourth-order valence-corrected chi connectivity index (χ4v) is 1.42. The zero-order valence-electron chi connectivity index (χ0n) is 9.03. The highest BCUT2D eigenvalue weighted by Crippen LogP contribution is 2.23. The second-order valence-electron chi connectivity index (χ2n) is 4.18. The lowest BCUT2D eigenvalue weighted by atomic mass is 10.2. The predicted octanol–water partition coefficient (Wildman–Crippen LogP) is 3.75. The van der Waals surface area contributed by atoms with Crippen LogP contribution in [-0.2, 0) is 6.42 Å². The minimum absolute atomic E-state index is 0.215. The molecule has 0 amide bonds. The largest absolute Gasteiger partial charge is 0.228 e. The molecule has 76 valence electrons. The maximum absolute atomic E-state index is 4.33. The summed E-state index contributed by atoms with van der Waals surface area (Å²) in [4.78, 5) is 0. The molecular formula is C12H17NS. The summed E-state index contributed by atoms with van der Waals surface area (Å²) >= 11 is 1.62. The minimum Gasteiger partial charge on any atom is -0.228 e. The summed E-state index contributed by atoms with van der Waals surface area (Å²) in [5.74, 6) is 0. The summed E-state index contributed by atoms with van der Waals surface area (Å²) in [5, 5.41) is 0. The molecule has 2 heteroatoms. The van der Waals surface area contributed by atoms with Crippen molar-refractivity contribution in [1.29, 1.82) is 0 Å². The van der Waals surface area contributed by atoms with Crippen molar-refractivity contribution in [3.63, 3.8) is 0 Å². The van der Waals surface area contributed by atoms with Gasteiger partial charge in [0.1, 0.15) is 0 Å². The van der Waals surface area contributed by atoms with Crippen LogP contribution in [0.25, 0.3) is 0 Å². The molecule has 1 nitrogen and oxygen atoms in total. The maximum atomic E-state index is 4.33. The first kappa shape index (κ1) is 11.3. The molecule has 0 unspecified atom stereocenters. The van der Waals surface area contributed by atoms with Gasteiger partial charge in [-0.3, -0.25) is 0 Å². The number of hydrogen-bond donors (Lipinski definition) is 0. The first-order valence-corrected chi connectivity index (χ1v) is 5.59. The van der Waals surface area contributed by atoms with Crippen molar-refractivity contribution in [2.45, 2.75) is 31.9 Å². The van der Waals surface area contributed by atoms with Gasteiger partial charge in [-0.2, -0.15) is 0 Å². The van der Waals surface area contributed by atoms with Crippen molar-refractivity contribution in [1.82, 2.24) is 0 Å². The fourth-order valence-electron chi connectivity index (χ4n) is 0.952. The molecule has 0 bridgehead atoms. The van der Waals surface area contributed by atoms with Gasteiger partial charge in [-0.1, -0.05) is 30.3 Å². The number of benzene rings is 1. The van der Waals surface area contributed by atoms with Gasteiger partial charge in [0.15, 0.2) is 0 Å². The Morgan fingerprint density at radius 3 is 2.43 bits per heavy atom. The number of rotatable bonds is 3. The van der Waals surface area contributed by atoms with E-state index in [2.05, 4.69) is 49.4 Å². The van der Waals surface area contributed by atoms with E-state index in [1.54, 1.807) is 11.9 Å². The summed E-state index contributed by atoms with van der Waals surface area (Å²) in [5.41, 5.74) is 1.31. The molecule has 0 aliphatic rings. The standard InChI is InChI=1S/C12H17NS/c1-12(2,3)14-13-10-9-11-7-5-4-6-8-11/h4-8,10H,9H2,1-3H3. The van der Waals surface area contributed by atoms with E-state index in [4.69, 9.17) is 0 Å². The second kappa shape index (κ2) is 5.20. The Bertz CT molecular complexity index is 285. The molecule has 0 saturated heterocycles. The van der Waals surface area contributed by atoms with Crippen molar-refractivity contribution in [3.8, 4) is 0 Å². The van der Waals surface area contributed by atoms with Crippen LogP contribution in [0.1, 0.15) is 26.3 Å². The first-order valence-electron chi connectivity index (χ1n) is 4.82. The molecule has 1 aromatic carbocycles. The quantitative estimate of drug-likeness (QED) is 0.543. The van der Waals surface area contributed by atoms with Crippen LogP contribution in [0, 0.1) is 0 Å². The van der Waals surface area contributed by atoms with Crippen LogP contribution >= 0.6 is 11.9 Å². The van der Waals surface area contributed by atoms with Crippen LogP contribution in [-0.4, -0.2) is 11.0 Å². The first-order chi connectivity index (χ1) is 6.58. The van der Waals surface area contributed by atoms with Crippen LogP contribution < -0.4 is 0 Å². The van der Waals surface area contributed by atoms with Gasteiger partial charge >= 0.3 is 0 Å². The highest BCUT2D eigenvalue weighted by atomic mass is 32.2. The molecule has 0 aromatic heterocycles. The summed E-state index contributed by atoms with van der Waals surface area (Å²) in [6, 6.07) is 10.4. The van der Waals surface area contributed by atoms with Gasteiger partial charge in [0.2, 0.25) is 0 Å². The molecule has 0 fully saturated rings. The number of nitrogens with zero attached hydrogens (tertiary/aromatic N) is 1. The average Bonchev–Trinajstić information content (AvgIpc) is 2.13. The molecule has 0 spiro atoms. The van der Waals surface area contributed by atoms with Gasteiger partial charge in [0.05, 0.1) is 0 Å². The summed E-state index contributed by atoms with van der Waals surface area (Å²) in [6.45, 7) is 6.49. The van der Waals surface area contributed by atoms with Crippen LogP contribution in [0.4, 0.5) is 0 Å². The summed E-state index contributed by atoms with van der Waals surface area (Å²) < 4.78 is 4.55. The Morgan fingerprint density at radius 1 is 1.21 bits per heavy atom. The van der Waals surface area contributed by atoms with Crippen LogP contribution in [0.5, 0.6) is 0 Å². The third kappa shape index (κ3) is 5.07. The van der Waals surface area contributed by atoms with E-state index in [1.165, 1.54) is 5.56 Å². The van der Waals surface area contributed by atoms with Crippen LogP contribution in [0.15, 0.2) is 34.7 Å².